The summed E-state index contributed by atoms with van der Waals surface area (Å²) in [7, 11) is -4.05. The first-order valence-electron chi connectivity index (χ1n) is 12.8. The Morgan fingerprint density at radius 3 is 2.35 bits per heavy atom. The van der Waals surface area contributed by atoms with Gasteiger partial charge in [-0.25, -0.2) is 8.42 Å². The minimum atomic E-state index is -4.05. The predicted molar refractivity (Wildman–Crippen MR) is 142 cm³/mol. The van der Waals surface area contributed by atoms with E-state index in [0.717, 1.165) is 45.0 Å². The summed E-state index contributed by atoms with van der Waals surface area (Å²) in [6.07, 6.45) is 4.36. The average Bonchev–Trinajstić information content (AvgIpc) is 2.90. The molecule has 2 fully saturated rings. The van der Waals surface area contributed by atoms with Crippen molar-refractivity contribution in [2.24, 2.45) is 0 Å². The van der Waals surface area contributed by atoms with E-state index in [1.807, 2.05) is 18.2 Å². The van der Waals surface area contributed by atoms with E-state index in [4.69, 9.17) is 11.6 Å². The van der Waals surface area contributed by atoms with Crippen molar-refractivity contribution >= 4 is 33.2 Å². The molecule has 1 aliphatic carbocycles. The van der Waals surface area contributed by atoms with E-state index >= 15 is 0 Å². The van der Waals surface area contributed by atoms with Crippen LogP contribution >= 0.6 is 11.6 Å². The Bertz CT molecular complexity index is 1200. The topological polar surface area (TPSA) is 104 Å². The Morgan fingerprint density at radius 1 is 1.03 bits per heavy atom. The molecule has 2 aliphatic rings. The molecule has 1 saturated heterocycles. The summed E-state index contributed by atoms with van der Waals surface area (Å²) in [5, 5.41) is 11.2. The summed E-state index contributed by atoms with van der Waals surface area (Å²) in [6, 6.07) is 13.5. The molecule has 0 atom stereocenters. The molecule has 37 heavy (non-hydrogen) atoms. The molecular weight excluding hydrogens is 516 g/mol. The highest BCUT2D eigenvalue weighted by atomic mass is 35.5. The van der Waals surface area contributed by atoms with Crippen molar-refractivity contribution in [2.75, 3.05) is 32.7 Å². The van der Waals surface area contributed by atoms with Crippen LogP contribution in [-0.4, -0.2) is 72.1 Å². The molecule has 1 aliphatic heterocycles. The monoisotopic (exact) mass is 548 g/mol. The van der Waals surface area contributed by atoms with Crippen molar-refractivity contribution in [1.29, 1.82) is 0 Å². The number of benzene rings is 2. The van der Waals surface area contributed by atoms with Gasteiger partial charge in [-0.15, -0.1) is 0 Å². The Morgan fingerprint density at radius 2 is 1.70 bits per heavy atom. The molecule has 200 valence electrons. The van der Waals surface area contributed by atoms with Gasteiger partial charge in [0, 0.05) is 57.8 Å². The SMILES string of the molecule is O=C(CCN(C1CCCCC1)S(=O)(=O)c1ccc(Cl)c([N+](=O)[O-])c1)N1CCN(Cc2ccccc2)CC1. The molecule has 2 aromatic carbocycles. The number of carbonyl (C=O) groups is 1. The highest BCUT2D eigenvalue weighted by molar-refractivity contribution is 7.89. The number of halogens is 1. The van der Waals surface area contributed by atoms with Crippen molar-refractivity contribution < 1.29 is 18.1 Å². The van der Waals surface area contributed by atoms with Crippen molar-refractivity contribution in [3.05, 3.63) is 69.2 Å². The summed E-state index contributed by atoms with van der Waals surface area (Å²) in [4.78, 5) is 27.7. The third kappa shape index (κ3) is 6.87. The second-order valence-corrected chi connectivity index (χ2v) is 12.0. The predicted octanol–water partition coefficient (Wildman–Crippen LogP) is 4.31. The Hall–Kier alpha value is -2.53. The third-order valence-corrected chi connectivity index (χ3v) is 9.49. The molecule has 0 unspecified atom stereocenters. The van der Waals surface area contributed by atoms with Crippen LogP contribution in [0.2, 0.25) is 5.02 Å². The minimum Gasteiger partial charge on any atom is -0.340 e. The van der Waals surface area contributed by atoms with Crippen LogP contribution in [0, 0.1) is 10.1 Å². The van der Waals surface area contributed by atoms with Gasteiger partial charge in [0.1, 0.15) is 5.02 Å². The maximum Gasteiger partial charge on any atom is 0.289 e. The van der Waals surface area contributed by atoms with Gasteiger partial charge < -0.3 is 4.90 Å². The zero-order chi connectivity index (χ0) is 26.4. The zero-order valence-corrected chi connectivity index (χ0v) is 22.4. The number of nitro groups is 1. The summed E-state index contributed by atoms with van der Waals surface area (Å²) in [5.41, 5.74) is 0.786. The first-order valence-corrected chi connectivity index (χ1v) is 14.6. The maximum absolute atomic E-state index is 13.7. The lowest BCUT2D eigenvalue weighted by molar-refractivity contribution is -0.384. The first kappa shape index (κ1) is 27.5. The Balaban J connectivity index is 1.42. The van der Waals surface area contributed by atoms with Crippen molar-refractivity contribution in [2.45, 2.75) is 56.0 Å². The van der Waals surface area contributed by atoms with Crippen molar-refractivity contribution in [3.8, 4) is 0 Å². The molecule has 0 radical (unpaired) electrons. The molecule has 1 heterocycles. The van der Waals surface area contributed by atoms with Gasteiger partial charge in [-0.1, -0.05) is 61.2 Å². The van der Waals surface area contributed by atoms with Crippen molar-refractivity contribution in [3.63, 3.8) is 0 Å². The van der Waals surface area contributed by atoms with Crippen LogP contribution in [0.5, 0.6) is 0 Å². The van der Waals surface area contributed by atoms with Gasteiger partial charge in [0.15, 0.2) is 0 Å². The number of hydrogen-bond donors (Lipinski definition) is 0. The van der Waals surface area contributed by atoms with Gasteiger partial charge in [0.2, 0.25) is 15.9 Å². The highest BCUT2D eigenvalue weighted by Gasteiger charge is 2.34. The van der Waals surface area contributed by atoms with Crippen LogP contribution in [0.1, 0.15) is 44.1 Å². The van der Waals surface area contributed by atoms with Crippen LogP contribution in [0.3, 0.4) is 0 Å². The first-order chi connectivity index (χ1) is 17.8. The molecular formula is C26H33ClN4O5S. The van der Waals surface area contributed by atoms with E-state index in [9.17, 15) is 23.3 Å². The smallest absolute Gasteiger partial charge is 0.289 e. The Labute approximate surface area is 223 Å². The van der Waals surface area contributed by atoms with Gasteiger partial charge in [-0.05, 0) is 30.5 Å². The molecule has 0 spiro atoms. The van der Waals surface area contributed by atoms with Crippen LogP contribution in [0.25, 0.3) is 0 Å². The molecule has 1 amide bonds. The maximum atomic E-state index is 13.7. The number of nitrogens with zero attached hydrogens (tertiary/aromatic N) is 4. The van der Waals surface area contributed by atoms with E-state index in [1.165, 1.54) is 22.0 Å². The lowest BCUT2D eigenvalue weighted by atomic mass is 9.95. The van der Waals surface area contributed by atoms with E-state index in [0.29, 0.717) is 25.9 Å². The standard InChI is InChI=1S/C26H33ClN4O5S/c27-24-12-11-23(19-25(24)31(33)34)37(35,36)30(22-9-5-2-6-10-22)14-13-26(32)29-17-15-28(16-18-29)20-21-7-3-1-4-8-21/h1,3-4,7-8,11-12,19,22H,2,5-6,9-10,13-18,20H2. The van der Waals surface area contributed by atoms with Crippen LogP contribution in [0.4, 0.5) is 5.69 Å². The highest BCUT2D eigenvalue weighted by Crippen LogP contribution is 2.32. The lowest BCUT2D eigenvalue weighted by Crippen LogP contribution is -2.49. The number of amides is 1. The minimum absolute atomic E-state index is 0.0481. The molecule has 2 aromatic rings. The molecule has 0 N–H and O–H groups in total. The fourth-order valence-corrected chi connectivity index (χ4v) is 7.05. The van der Waals surface area contributed by atoms with E-state index in [1.54, 1.807) is 4.90 Å². The van der Waals surface area contributed by atoms with E-state index < -0.39 is 20.6 Å². The summed E-state index contributed by atoms with van der Waals surface area (Å²) in [5.74, 6) is -0.0718. The Kier molecular flexibility index (Phi) is 9.17. The second-order valence-electron chi connectivity index (χ2n) is 9.67. The summed E-state index contributed by atoms with van der Waals surface area (Å²) >= 11 is 5.91. The number of sulfonamides is 1. The van der Waals surface area contributed by atoms with Gasteiger partial charge in [-0.2, -0.15) is 4.31 Å². The second kappa shape index (κ2) is 12.3. The van der Waals surface area contributed by atoms with Crippen LogP contribution in [0.15, 0.2) is 53.4 Å². The molecule has 0 bridgehead atoms. The average molecular weight is 549 g/mol. The number of hydrogen-bond acceptors (Lipinski definition) is 6. The zero-order valence-electron chi connectivity index (χ0n) is 20.8. The van der Waals surface area contributed by atoms with Crippen LogP contribution in [-0.2, 0) is 21.4 Å². The third-order valence-electron chi connectivity index (χ3n) is 7.22. The number of rotatable bonds is 9. The summed E-state index contributed by atoms with van der Waals surface area (Å²) in [6.45, 7) is 3.62. The normalized spacial score (nSPS) is 17.7. The number of carbonyl (C=O) groups excluding carboxylic acids is 1. The molecule has 1 saturated carbocycles. The quantitative estimate of drug-likeness (QED) is 0.342. The number of nitro benzene ring substituents is 1. The van der Waals surface area contributed by atoms with Crippen molar-refractivity contribution in [1.82, 2.24) is 14.1 Å². The lowest BCUT2D eigenvalue weighted by Gasteiger charge is -2.36. The molecule has 0 aromatic heterocycles. The van der Waals surface area contributed by atoms with Gasteiger partial charge in [-0.3, -0.25) is 19.8 Å². The van der Waals surface area contributed by atoms with E-state index in [2.05, 4.69) is 17.0 Å². The van der Waals surface area contributed by atoms with Gasteiger partial charge in [0.05, 0.1) is 9.82 Å². The fraction of sp³-hybridized carbons (Fsp3) is 0.500. The van der Waals surface area contributed by atoms with E-state index in [-0.39, 0.29) is 34.8 Å². The fourth-order valence-electron chi connectivity index (χ4n) is 5.16. The number of piperazine rings is 1. The molecule has 9 nitrogen and oxygen atoms in total. The molecule has 4 rings (SSSR count). The summed E-state index contributed by atoms with van der Waals surface area (Å²) < 4.78 is 28.7. The van der Waals surface area contributed by atoms with Gasteiger partial charge in [0.25, 0.3) is 5.69 Å². The van der Waals surface area contributed by atoms with Gasteiger partial charge >= 0.3 is 0 Å². The largest absolute Gasteiger partial charge is 0.340 e. The molecule has 11 heteroatoms. The van der Waals surface area contributed by atoms with Crippen LogP contribution < -0.4 is 0 Å².